The van der Waals surface area contributed by atoms with Crippen LogP contribution >= 0.6 is 0 Å². The van der Waals surface area contributed by atoms with Gasteiger partial charge in [-0.3, -0.25) is 19.2 Å². The lowest BCUT2D eigenvalue weighted by Gasteiger charge is -2.26. The van der Waals surface area contributed by atoms with E-state index < -0.39 is 12.1 Å². The van der Waals surface area contributed by atoms with E-state index in [1.807, 2.05) is 0 Å². The van der Waals surface area contributed by atoms with Gasteiger partial charge in [-0.25, -0.2) is 0 Å². The van der Waals surface area contributed by atoms with Gasteiger partial charge < -0.3 is 20.4 Å². The summed E-state index contributed by atoms with van der Waals surface area (Å²) < 4.78 is 0. The number of nitrogens with one attached hydrogen (secondary N) is 2. The minimum atomic E-state index is -0.553. The van der Waals surface area contributed by atoms with Crippen LogP contribution in [-0.2, 0) is 19.2 Å². The van der Waals surface area contributed by atoms with Crippen molar-refractivity contribution in [2.45, 2.75) is 83.7 Å². The predicted octanol–water partition coefficient (Wildman–Crippen LogP) is 1.68. The molecule has 2 atom stereocenters. The Kier molecular flexibility index (Phi) is 9.78. The van der Waals surface area contributed by atoms with Crippen LogP contribution in [-0.4, -0.2) is 72.7 Å². The topological polar surface area (TPSA) is 98.8 Å². The predicted molar refractivity (Wildman–Crippen MR) is 119 cm³/mol. The number of hydrogen-bond donors (Lipinski definition) is 2. The van der Waals surface area contributed by atoms with E-state index in [1.54, 1.807) is 37.7 Å². The molecular weight excluding hydrogens is 396 g/mol. The second kappa shape index (κ2) is 12.1. The fourth-order valence-electron chi connectivity index (χ4n) is 4.59. The highest BCUT2D eigenvalue weighted by Crippen LogP contribution is 2.25. The summed E-state index contributed by atoms with van der Waals surface area (Å²) in [6.07, 6.45) is 8.56. The first-order valence-electron chi connectivity index (χ1n) is 11.8. The maximum Gasteiger partial charge on any atom is 0.244 e. The van der Waals surface area contributed by atoms with Crippen molar-refractivity contribution in [2.75, 3.05) is 27.2 Å². The standard InChI is InChI=1S/C23H40N4O4/c1-16(24-20(28)18-10-5-6-11-18)22(30)26(3)14-9-15-27(4)23(31)17(2)25-21(29)19-12-7-8-13-19/h16-19H,5-15H2,1-4H3,(H,24,28)(H,25,29). The lowest BCUT2D eigenvalue weighted by atomic mass is 10.1. The van der Waals surface area contributed by atoms with E-state index in [1.165, 1.54) is 0 Å². The molecule has 0 aromatic heterocycles. The van der Waals surface area contributed by atoms with Crippen LogP contribution in [0.25, 0.3) is 0 Å². The molecule has 0 bridgehead atoms. The maximum atomic E-state index is 12.5. The smallest absolute Gasteiger partial charge is 0.244 e. The van der Waals surface area contributed by atoms with Gasteiger partial charge in [0.2, 0.25) is 23.6 Å². The van der Waals surface area contributed by atoms with Crippen LogP contribution in [0.3, 0.4) is 0 Å². The number of amides is 4. The van der Waals surface area contributed by atoms with Crippen LogP contribution in [0, 0.1) is 11.8 Å². The number of carbonyl (C=O) groups excluding carboxylic acids is 4. The number of carbonyl (C=O) groups is 4. The third kappa shape index (κ3) is 7.51. The molecule has 2 N–H and O–H groups in total. The number of hydrogen-bond acceptors (Lipinski definition) is 4. The van der Waals surface area contributed by atoms with Gasteiger partial charge in [-0.15, -0.1) is 0 Å². The van der Waals surface area contributed by atoms with E-state index in [0.717, 1.165) is 51.4 Å². The van der Waals surface area contributed by atoms with Gasteiger partial charge in [-0.2, -0.15) is 0 Å². The summed E-state index contributed by atoms with van der Waals surface area (Å²) in [7, 11) is 3.43. The molecule has 0 saturated heterocycles. The molecule has 0 spiro atoms. The third-order valence-corrected chi connectivity index (χ3v) is 6.65. The first-order chi connectivity index (χ1) is 14.7. The molecule has 8 nitrogen and oxygen atoms in total. The molecule has 0 aliphatic heterocycles. The van der Waals surface area contributed by atoms with Gasteiger partial charge in [0.05, 0.1) is 0 Å². The minimum Gasteiger partial charge on any atom is -0.344 e. The van der Waals surface area contributed by atoms with E-state index in [2.05, 4.69) is 10.6 Å². The molecule has 2 rings (SSSR count). The van der Waals surface area contributed by atoms with E-state index in [4.69, 9.17) is 0 Å². The highest BCUT2D eigenvalue weighted by Gasteiger charge is 2.28. The van der Waals surface area contributed by atoms with Crippen LogP contribution in [0.15, 0.2) is 0 Å². The lowest BCUT2D eigenvalue weighted by molar-refractivity contribution is -0.136. The Bertz CT molecular complexity index is 587. The van der Waals surface area contributed by atoms with Crippen LogP contribution in [0.1, 0.15) is 71.6 Å². The fraction of sp³-hybridized carbons (Fsp3) is 0.826. The number of likely N-dealkylation sites (N-methyl/N-ethyl adjacent to an activating group) is 2. The van der Waals surface area contributed by atoms with Crippen LogP contribution in [0.4, 0.5) is 0 Å². The molecule has 0 aromatic carbocycles. The Labute approximate surface area is 186 Å². The first kappa shape index (κ1) is 25.1. The largest absolute Gasteiger partial charge is 0.344 e. The fourth-order valence-corrected chi connectivity index (χ4v) is 4.59. The van der Waals surface area contributed by atoms with Crippen LogP contribution in [0.2, 0.25) is 0 Å². The summed E-state index contributed by atoms with van der Waals surface area (Å²) in [5, 5.41) is 5.68. The van der Waals surface area contributed by atoms with Gasteiger partial charge in [0.15, 0.2) is 0 Å². The highest BCUT2D eigenvalue weighted by atomic mass is 16.2. The summed E-state index contributed by atoms with van der Waals surface area (Å²) in [5.41, 5.74) is 0. The average molecular weight is 437 g/mol. The molecule has 2 unspecified atom stereocenters. The zero-order valence-corrected chi connectivity index (χ0v) is 19.6. The summed E-state index contributed by atoms with van der Waals surface area (Å²) in [5.74, 6) is -0.223. The molecule has 176 valence electrons. The maximum absolute atomic E-state index is 12.5. The van der Waals surface area contributed by atoms with Gasteiger partial charge in [-0.1, -0.05) is 25.7 Å². The lowest BCUT2D eigenvalue weighted by Crippen LogP contribution is -2.48. The molecule has 2 fully saturated rings. The Balaban J connectivity index is 1.67. The van der Waals surface area contributed by atoms with Crippen molar-refractivity contribution in [2.24, 2.45) is 11.8 Å². The number of nitrogens with zero attached hydrogens (tertiary/aromatic N) is 2. The van der Waals surface area contributed by atoms with Gasteiger partial charge >= 0.3 is 0 Å². The molecule has 4 amide bonds. The van der Waals surface area contributed by atoms with Gasteiger partial charge in [-0.05, 0) is 46.0 Å². The molecule has 2 saturated carbocycles. The molecule has 0 aromatic rings. The number of rotatable bonds is 10. The normalized spacial score (nSPS) is 19.0. The van der Waals surface area contributed by atoms with Gasteiger partial charge in [0.25, 0.3) is 0 Å². The Hall–Kier alpha value is -2.12. The molecule has 2 aliphatic rings. The summed E-state index contributed by atoms with van der Waals surface area (Å²) >= 11 is 0. The van der Waals surface area contributed by atoms with Crippen molar-refractivity contribution < 1.29 is 19.2 Å². The summed E-state index contributed by atoms with van der Waals surface area (Å²) in [4.78, 5) is 52.7. The van der Waals surface area contributed by atoms with Crippen molar-refractivity contribution in [3.05, 3.63) is 0 Å². The van der Waals surface area contributed by atoms with E-state index >= 15 is 0 Å². The van der Waals surface area contributed by atoms with Crippen molar-refractivity contribution >= 4 is 23.6 Å². The minimum absolute atomic E-state index is 0.0225. The van der Waals surface area contributed by atoms with E-state index in [-0.39, 0.29) is 35.5 Å². The van der Waals surface area contributed by atoms with Crippen LogP contribution < -0.4 is 10.6 Å². The van der Waals surface area contributed by atoms with Gasteiger partial charge in [0.1, 0.15) is 12.1 Å². The van der Waals surface area contributed by atoms with E-state index in [0.29, 0.717) is 19.5 Å². The zero-order chi connectivity index (χ0) is 23.0. The Morgan fingerprint density at radius 1 is 0.710 bits per heavy atom. The monoisotopic (exact) mass is 436 g/mol. The first-order valence-corrected chi connectivity index (χ1v) is 11.8. The average Bonchev–Trinajstić information content (AvgIpc) is 3.46. The summed E-state index contributed by atoms with van der Waals surface area (Å²) in [6.45, 7) is 4.41. The molecule has 31 heavy (non-hydrogen) atoms. The zero-order valence-electron chi connectivity index (χ0n) is 19.6. The Morgan fingerprint density at radius 2 is 1.03 bits per heavy atom. The van der Waals surface area contributed by atoms with E-state index in [9.17, 15) is 19.2 Å². The van der Waals surface area contributed by atoms with Crippen molar-refractivity contribution in [3.8, 4) is 0 Å². The second-order valence-corrected chi connectivity index (χ2v) is 9.30. The van der Waals surface area contributed by atoms with Crippen LogP contribution in [0.5, 0.6) is 0 Å². The van der Waals surface area contributed by atoms with Gasteiger partial charge in [0, 0.05) is 39.0 Å². The molecule has 2 aliphatic carbocycles. The Morgan fingerprint density at radius 3 is 1.35 bits per heavy atom. The summed E-state index contributed by atoms with van der Waals surface area (Å²) in [6, 6.07) is -1.11. The SMILES string of the molecule is CC(NC(=O)C1CCCC1)C(=O)N(C)CCCN(C)C(=O)C(C)NC(=O)C1CCCC1. The quantitative estimate of drug-likeness (QED) is 0.544. The van der Waals surface area contributed by atoms with Crippen molar-refractivity contribution in [1.29, 1.82) is 0 Å². The molecule has 8 heteroatoms. The van der Waals surface area contributed by atoms with Crippen molar-refractivity contribution in [3.63, 3.8) is 0 Å². The van der Waals surface area contributed by atoms with Crippen molar-refractivity contribution in [1.82, 2.24) is 20.4 Å². The third-order valence-electron chi connectivity index (χ3n) is 6.65. The molecular formula is C23H40N4O4. The highest BCUT2D eigenvalue weighted by molar-refractivity contribution is 5.89. The second-order valence-electron chi connectivity index (χ2n) is 9.30. The molecule has 0 radical (unpaired) electrons. The molecule has 0 heterocycles.